The molecule has 250 valence electrons. The minimum absolute atomic E-state index is 0.0517. The van der Waals surface area contributed by atoms with Crippen molar-refractivity contribution in [3.8, 4) is 0 Å². The highest BCUT2D eigenvalue weighted by Gasteiger charge is 2.31. The minimum atomic E-state index is -1.04. The van der Waals surface area contributed by atoms with E-state index in [2.05, 4.69) is 6.92 Å². The van der Waals surface area contributed by atoms with Crippen molar-refractivity contribution in [3.05, 3.63) is 71.3 Å². The Labute approximate surface area is 268 Å². The highest BCUT2D eigenvalue weighted by Crippen LogP contribution is 2.30. The standard InChI is InChI=1S/C37H54F2N2O4/c1-4-5-6-7-8-9-13-16-35(44)45-36(33(41)23-27-14-11-10-12-15-27)34(43)20-22-37(2,3)21-19-31(42)26-30(40)25-28-24-29(38)17-18-32(28)39/h10-12,14-15,17-18,24,30,33,36H,4-9,13,16,19-23,25-26,40-41H2,1-3H3. The average Bonchev–Trinajstić information content (AvgIpc) is 2.99. The van der Waals surface area contributed by atoms with Crippen LogP contribution in [0.3, 0.4) is 0 Å². The number of carbonyl (C=O) groups excluding carboxylic acids is 3. The van der Waals surface area contributed by atoms with Crippen molar-refractivity contribution in [2.24, 2.45) is 16.9 Å². The average molecular weight is 629 g/mol. The molecule has 0 saturated carbocycles. The van der Waals surface area contributed by atoms with Crippen LogP contribution in [-0.2, 0) is 32.0 Å². The van der Waals surface area contributed by atoms with E-state index in [1.165, 1.54) is 19.3 Å². The molecule has 0 saturated heterocycles. The van der Waals surface area contributed by atoms with Crippen molar-refractivity contribution < 1.29 is 27.9 Å². The van der Waals surface area contributed by atoms with Crippen LogP contribution in [0.2, 0.25) is 0 Å². The van der Waals surface area contributed by atoms with Gasteiger partial charge in [-0.2, -0.15) is 0 Å². The van der Waals surface area contributed by atoms with E-state index in [4.69, 9.17) is 16.2 Å². The number of hydrogen-bond donors (Lipinski definition) is 2. The van der Waals surface area contributed by atoms with Crippen molar-refractivity contribution in [1.82, 2.24) is 0 Å². The molecule has 0 aliphatic rings. The first-order valence-electron chi connectivity index (χ1n) is 16.6. The van der Waals surface area contributed by atoms with Crippen LogP contribution in [0.4, 0.5) is 8.78 Å². The molecule has 0 aromatic heterocycles. The van der Waals surface area contributed by atoms with Gasteiger partial charge in [0.15, 0.2) is 11.9 Å². The molecule has 0 fully saturated rings. The number of unbranched alkanes of at least 4 members (excludes halogenated alkanes) is 6. The molecule has 0 aliphatic heterocycles. The van der Waals surface area contributed by atoms with E-state index in [0.717, 1.165) is 49.4 Å². The Morgan fingerprint density at radius 3 is 2.16 bits per heavy atom. The summed E-state index contributed by atoms with van der Waals surface area (Å²) in [5, 5.41) is 0. The van der Waals surface area contributed by atoms with E-state index in [0.29, 0.717) is 19.3 Å². The Morgan fingerprint density at radius 1 is 0.822 bits per heavy atom. The van der Waals surface area contributed by atoms with Crippen molar-refractivity contribution >= 4 is 17.5 Å². The number of esters is 1. The number of halogens is 2. The van der Waals surface area contributed by atoms with E-state index in [1.54, 1.807) is 0 Å². The van der Waals surface area contributed by atoms with Gasteiger partial charge in [0.05, 0.1) is 6.04 Å². The van der Waals surface area contributed by atoms with Gasteiger partial charge in [-0.3, -0.25) is 14.4 Å². The first-order valence-corrected chi connectivity index (χ1v) is 16.6. The second-order valence-electron chi connectivity index (χ2n) is 13.2. The molecular weight excluding hydrogens is 574 g/mol. The van der Waals surface area contributed by atoms with Gasteiger partial charge in [-0.25, -0.2) is 8.78 Å². The number of carbonyl (C=O) groups is 3. The van der Waals surface area contributed by atoms with E-state index in [9.17, 15) is 23.2 Å². The van der Waals surface area contributed by atoms with Gasteiger partial charge in [0.25, 0.3) is 0 Å². The van der Waals surface area contributed by atoms with Crippen molar-refractivity contribution in [3.63, 3.8) is 0 Å². The summed E-state index contributed by atoms with van der Waals surface area (Å²) in [4.78, 5) is 38.9. The van der Waals surface area contributed by atoms with Crippen LogP contribution in [-0.4, -0.2) is 35.7 Å². The van der Waals surface area contributed by atoms with Gasteiger partial charge < -0.3 is 16.2 Å². The van der Waals surface area contributed by atoms with Gasteiger partial charge >= 0.3 is 5.97 Å². The largest absolute Gasteiger partial charge is 0.453 e. The van der Waals surface area contributed by atoms with Crippen molar-refractivity contribution in [2.45, 2.75) is 135 Å². The lowest BCUT2D eigenvalue weighted by Gasteiger charge is -2.27. The zero-order chi connectivity index (χ0) is 33.2. The summed E-state index contributed by atoms with van der Waals surface area (Å²) in [7, 11) is 0. The van der Waals surface area contributed by atoms with E-state index in [1.807, 2.05) is 44.2 Å². The molecule has 6 nitrogen and oxygen atoms in total. The summed E-state index contributed by atoms with van der Waals surface area (Å²) in [6.07, 6.45) is 8.72. The fraction of sp³-hybridized carbons (Fsp3) is 0.595. The highest BCUT2D eigenvalue weighted by atomic mass is 19.1. The Morgan fingerprint density at radius 2 is 1.47 bits per heavy atom. The molecule has 8 heteroatoms. The highest BCUT2D eigenvalue weighted by molar-refractivity contribution is 5.86. The summed E-state index contributed by atoms with van der Waals surface area (Å²) in [5.74, 6) is -1.78. The molecule has 0 radical (unpaired) electrons. The van der Waals surface area contributed by atoms with Crippen molar-refractivity contribution in [2.75, 3.05) is 0 Å². The lowest BCUT2D eigenvalue weighted by molar-refractivity contribution is -0.156. The van der Waals surface area contributed by atoms with Gasteiger partial charge in [0, 0.05) is 31.7 Å². The molecule has 0 bridgehead atoms. The van der Waals surface area contributed by atoms with E-state index in [-0.39, 0.29) is 54.6 Å². The third-order valence-corrected chi connectivity index (χ3v) is 8.37. The molecule has 2 aromatic carbocycles. The van der Waals surface area contributed by atoms with Gasteiger partial charge in [-0.05, 0) is 66.8 Å². The lowest BCUT2D eigenvalue weighted by Crippen LogP contribution is -2.45. The molecule has 3 atom stereocenters. The summed E-state index contributed by atoms with van der Waals surface area (Å²) in [6, 6.07) is 11.5. The van der Waals surface area contributed by atoms with Crippen LogP contribution in [0.5, 0.6) is 0 Å². The topological polar surface area (TPSA) is 112 Å². The maximum Gasteiger partial charge on any atom is 0.306 e. The van der Waals surface area contributed by atoms with Gasteiger partial charge in [-0.1, -0.05) is 89.6 Å². The molecule has 3 unspecified atom stereocenters. The summed E-state index contributed by atoms with van der Waals surface area (Å²) in [6.45, 7) is 6.15. The molecule has 0 heterocycles. The van der Waals surface area contributed by atoms with Crippen molar-refractivity contribution in [1.29, 1.82) is 0 Å². The lowest BCUT2D eigenvalue weighted by atomic mass is 9.80. The number of rotatable bonds is 23. The molecule has 0 aliphatic carbocycles. The molecule has 45 heavy (non-hydrogen) atoms. The number of Topliss-reactive ketones (excluding diaryl/α,β-unsaturated/α-hetero) is 2. The summed E-state index contributed by atoms with van der Waals surface area (Å²) < 4.78 is 33.2. The monoisotopic (exact) mass is 628 g/mol. The third kappa shape index (κ3) is 15.7. The Kier molecular flexibility index (Phi) is 17.2. The Bertz CT molecular complexity index is 1190. The van der Waals surface area contributed by atoms with E-state index < -0.39 is 35.8 Å². The SMILES string of the molecule is CCCCCCCCCC(=O)OC(C(=O)CCC(C)(C)CCC(=O)CC(N)Cc1cc(F)ccc1F)C(N)Cc1ccccc1. The zero-order valence-corrected chi connectivity index (χ0v) is 27.5. The van der Waals surface area contributed by atoms with Crippen LogP contribution >= 0.6 is 0 Å². The number of ketones is 2. The minimum Gasteiger partial charge on any atom is -0.453 e. The first kappa shape index (κ1) is 38.2. The maximum absolute atomic E-state index is 14.0. The molecule has 4 N–H and O–H groups in total. The third-order valence-electron chi connectivity index (χ3n) is 8.37. The van der Waals surface area contributed by atoms with Gasteiger partial charge in [-0.15, -0.1) is 0 Å². The number of benzene rings is 2. The molecule has 2 aromatic rings. The molecule has 0 spiro atoms. The van der Waals surface area contributed by atoms with Crippen LogP contribution < -0.4 is 11.5 Å². The Balaban J connectivity index is 1.88. The fourth-order valence-electron chi connectivity index (χ4n) is 5.47. The summed E-state index contributed by atoms with van der Waals surface area (Å²) in [5.41, 5.74) is 13.3. The predicted octanol–water partition coefficient (Wildman–Crippen LogP) is 7.57. The Hall–Kier alpha value is -2.97. The van der Waals surface area contributed by atoms with Gasteiger partial charge in [0.1, 0.15) is 17.4 Å². The second-order valence-corrected chi connectivity index (χ2v) is 13.2. The van der Waals surface area contributed by atoms with Crippen LogP contribution in [0.25, 0.3) is 0 Å². The smallest absolute Gasteiger partial charge is 0.306 e. The normalized spacial score (nSPS) is 13.7. The number of nitrogens with two attached hydrogens (primary N) is 2. The first-order chi connectivity index (χ1) is 21.4. The van der Waals surface area contributed by atoms with Crippen LogP contribution in [0.15, 0.2) is 48.5 Å². The van der Waals surface area contributed by atoms with E-state index >= 15 is 0 Å². The number of hydrogen-bond acceptors (Lipinski definition) is 6. The van der Waals surface area contributed by atoms with Gasteiger partial charge in [0.2, 0.25) is 0 Å². The second kappa shape index (κ2) is 20.2. The van der Waals surface area contributed by atoms with Crippen LogP contribution in [0, 0.1) is 17.0 Å². The molecule has 2 rings (SSSR count). The quantitative estimate of drug-likeness (QED) is 0.0970. The summed E-state index contributed by atoms with van der Waals surface area (Å²) >= 11 is 0. The zero-order valence-electron chi connectivity index (χ0n) is 27.5. The molecular formula is C37H54F2N2O4. The van der Waals surface area contributed by atoms with Crippen LogP contribution in [0.1, 0.15) is 115 Å². The maximum atomic E-state index is 14.0. The fourth-order valence-corrected chi connectivity index (χ4v) is 5.47. The predicted molar refractivity (Wildman–Crippen MR) is 176 cm³/mol. The number of ether oxygens (including phenoxy) is 1. The molecule has 0 amide bonds.